The van der Waals surface area contributed by atoms with Crippen molar-refractivity contribution in [3.63, 3.8) is 0 Å². The number of fused-ring (bicyclic) bond motifs is 1. The molecule has 37 heavy (non-hydrogen) atoms. The van der Waals surface area contributed by atoms with Crippen molar-refractivity contribution in [3.8, 4) is 0 Å². The van der Waals surface area contributed by atoms with E-state index in [0.29, 0.717) is 12.5 Å². The van der Waals surface area contributed by atoms with E-state index in [2.05, 4.69) is 97.1 Å². The predicted octanol–water partition coefficient (Wildman–Crippen LogP) is 7.44. The van der Waals surface area contributed by atoms with Crippen molar-refractivity contribution in [2.45, 2.75) is 39.2 Å². The first kappa shape index (κ1) is 24.5. The Balaban J connectivity index is 1.50. The highest BCUT2D eigenvalue weighted by Crippen LogP contribution is 2.32. The van der Waals surface area contributed by atoms with E-state index < -0.39 is 0 Å². The number of carbonyl (C=O) groups is 1. The second kappa shape index (κ2) is 11.3. The van der Waals surface area contributed by atoms with Crippen LogP contribution in [0, 0.1) is 5.92 Å². The van der Waals surface area contributed by atoms with Crippen LogP contribution in [0.4, 0.5) is 5.69 Å². The van der Waals surface area contributed by atoms with Gasteiger partial charge in [0.1, 0.15) is 0 Å². The Hall–Kier alpha value is -4.18. The average molecular weight is 488 g/mol. The quantitative estimate of drug-likeness (QED) is 0.235. The molecule has 0 radical (unpaired) electrons. The van der Waals surface area contributed by atoms with Gasteiger partial charge >= 0.3 is 0 Å². The van der Waals surface area contributed by atoms with Crippen molar-refractivity contribution in [3.05, 3.63) is 132 Å². The molecule has 1 atom stereocenters. The molecule has 1 amide bonds. The second-order valence-electron chi connectivity index (χ2n) is 10.1. The highest BCUT2D eigenvalue weighted by atomic mass is 16.1. The molecule has 0 saturated heterocycles. The molecule has 5 aromatic rings. The highest BCUT2D eigenvalue weighted by molar-refractivity contribution is 6.00. The van der Waals surface area contributed by atoms with Crippen molar-refractivity contribution in [1.29, 1.82) is 0 Å². The lowest BCUT2D eigenvalue weighted by Gasteiger charge is -2.22. The SMILES string of the molecule is CC(C)CC(C(=O)Nc1cc(Cn2cccn2)ccc1Cc1ccccc1)c1cccc2ccccc12. The van der Waals surface area contributed by atoms with Gasteiger partial charge in [-0.2, -0.15) is 5.10 Å². The normalized spacial score (nSPS) is 12.1. The molecule has 186 valence electrons. The van der Waals surface area contributed by atoms with Crippen LogP contribution in [-0.4, -0.2) is 15.7 Å². The number of rotatable bonds is 9. The maximum Gasteiger partial charge on any atom is 0.231 e. The fourth-order valence-corrected chi connectivity index (χ4v) is 5.01. The van der Waals surface area contributed by atoms with Gasteiger partial charge in [0, 0.05) is 18.1 Å². The van der Waals surface area contributed by atoms with Crippen LogP contribution in [0.5, 0.6) is 0 Å². The number of hydrogen-bond donors (Lipinski definition) is 1. The molecule has 0 saturated carbocycles. The van der Waals surface area contributed by atoms with Gasteiger partial charge in [-0.05, 0) is 63.9 Å². The lowest BCUT2D eigenvalue weighted by molar-refractivity contribution is -0.117. The van der Waals surface area contributed by atoms with Crippen LogP contribution in [0.2, 0.25) is 0 Å². The first-order valence-electron chi connectivity index (χ1n) is 13.0. The number of benzene rings is 4. The molecule has 4 heteroatoms. The van der Waals surface area contributed by atoms with E-state index >= 15 is 0 Å². The van der Waals surface area contributed by atoms with E-state index in [1.165, 1.54) is 5.56 Å². The molecule has 1 unspecified atom stereocenters. The molecule has 0 bridgehead atoms. The van der Waals surface area contributed by atoms with Crippen molar-refractivity contribution in [1.82, 2.24) is 9.78 Å². The van der Waals surface area contributed by atoms with Gasteiger partial charge in [0.25, 0.3) is 0 Å². The van der Waals surface area contributed by atoms with Crippen LogP contribution in [0.3, 0.4) is 0 Å². The second-order valence-corrected chi connectivity index (χ2v) is 10.1. The first-order chi connectivity index (χ1) is 18.1. The van der Waals surface area contributed by atoms with Gasteiger partial charge in [-0.25, -0.2) is 0 Å². The summed E-state index contributed by atoms with van der Waals surface area (Å²) in [5, 5.41) is 10.0. The number of hydrogen-bond acceptors (Lipinski definition) is 2. The standard InChI is InChI=1S/C33H33N3O/c1-24(2)20-31(30-15-8-13-27-12-6-7-14-29(27)30)33(37)35-32-22-26(23-36-19-9-18-34-36)16-17-28(32)21-25-10-4-3-5-11-25/h3-19,22,24,31H,20-21,23H2,1-2H3,(H,35,37). The molecule has 4 nitrogen and oxygen atoms in total. The van der Waals surface area contributed by atoms with Gasteiger partial charge in [0.2, 0.25) is 5.91 Å². The fourth-order valence-electron chi connectivity index (χ4n) is 5.01. The minimum absolute atomic E-state index is 0.0376. The average Bonchev–Trinajstić information content (AvgIpc) is 3.42. The molecule has 0 aliphatic carbocycles. The third-order valence-corrected chi connectivity index (χ3v) is 6.80. The molecule has 5 rings (SSSR count). The maximum absolute atomic E-state index is 14.0. The summed E-state index contributed by atoms with van der Waals surface area (Å²) in [7, 11) is 0. The van der Waals surface area contributed by atoms with Crippen LogP contribution in [0.25, 0.3) is 10.8 Å². The minimum atomic E-state index is -0.245. The summed E-state index contributed by atoms with van der Waals surface area (Å²) in [5.41, 5.74) is 5.37. The van der Waals surface area contributed by atoms with Crippen LogP contribution in [0.15, 0.2) is 109 Å². The molecule has 0 fully saturated rings. The van der Waals surface area contributed by atoms with E-state index in [1.807, 2.05) is 35.1 Å². The van der Waals surface area contributed by atoms with Crippen molar-refractivity contribution in [2.75, 3.05) is 5.32 Å². The topological polar surface area (TPSA) is 46.9 Å². The molecule has 4 aromatic carbocycles. The first-order valence-corrected chi connectivity index (χ1v) is 13.0. The number of anilines is 1. The number of carbonyl (C=O) groups excluding carboxylic acids is 1. The van der Waals surface area contributed by atoms with E-state index in [0.717, 1.165) is 46.0 Å². The Morgan fingerprint density at radius 1 is 0.865 bits per heavy atom. The maximum atomic E-state index is 14.0. The predicted molar refractivity (Wildman–Crippen MR) is 152 cm³/mol. The van der Waals surface area contributed by atoms with Crippen molar-refractivity contribution >= 4 is 22.4 Å². The summed E-state index contributed by atoms with van der Waals surface area (Å²) in [4.78, 5) is 14.0. The Morgan fingerprint density at radius 2 is 1.65 bits per heavy atom. The summed E-state index contributed by atoms with van der Waals surface area (Å²) in [5.74, 6) is 0.172. The van der Waals surface area contributed by atoms with E-state index in [1.54, 1.807) is 6.20 Å². The summed E-state index contributed by atoms with van der Waals surface area (Å²) in [6.45, 7) is 5.01. The Bertz CT molecular complexity index is 1470. The molecular weight excluding hydrogens is 454 g/mol. The monoisotopic (exact) mass is 487 g/mol. The molecular formula is C33H33N3O. The van der Waals surface area contributed by atoms with E-state index in [9.17, 15) is 4.79 Å². The van der Waals surface area contributed by atoms with Gasteiger partial charge in [0.15, 0.2) is 0 Å². The Kier molecular flexibility index (Phi) is 7.46. The van der Waals surface area contributed by atoms with Gasteiger partial charge in [-0.3, -0.25) is 9.48 Å². The molecule has 0 aliphatic rings. The highest BCUT2D eigenvalue weighted by Gasteiger charge is 2.24. The minimum Gasteiger partial charge on any atom is -0.325 e. The van der Waals surface area contributed by atoms with Crippen molar-refractivity contribution < 1.29 is 4.79 Å². The fraction of sp³-hybridized carbons (Fsp3) is 0.212. The third-order valence-electron chi connectivity index (χ3n) is 6.80. The summed E-state index contributed by atoms with van der Waals surface area (Å²) >= 11 is 0. The smallest absolute Gasteiger partial charge is 0.231 e. The number of nitrogens with one attached hydrogen (secondary N) is 1. The zero-order chi connectivity index (χ0) is 25.6. The van der Waals surface area contributed by atoms with E-state index in [4.69, 9.17) is 0 Å². The number of nitrogens with zero attached hydrogens (tertiary/aromatic N) is 2. The van der Waals surface area contributed by atoms with Crippen LogP contribution in [-0.2, 0) is 17.8 Å². The Labute approximate surface area is 219 Å². The zero-order valence-electron chi connectivity index (χ0n) is 21.5. The lowest BCUT2D eigenvalue weighted by atomic mass is 9.86. The van der Waals surface area contributed by atoms with Gasteiger partial charge in [-0.1, -0.05) is 98.8 Å². The van der Waals surface area contributed by atoms with Crippen LogP contribution >= 0.6 is 0 Å². The van der Waals surface area contributed by atoms with Crippen molar-refractivity contribution in [2.24, 2.45) is 5.92 Å². The largest absolute Gasteiger partial charge is 0.325 e. The van der Waals surface area contributed by atoms with Gasteiger partial charge in [0.05, 0.1) is 12.5 Å². The summed E-state index contributed by atoms with van der Waals surface area (Å²) < 4.78 is 1.90. The van der Waals surface area contributed by atoms with Crippen LogP contribution < -0.4 is 5.32 Å². The molecule has 0 aliphatic heterocycles. The summed E-state index contributed by atoms with van der Waals surface area (Å²) in [6, 6.07) is 33.3. The molecule has 1 N–H and O–H groups in total. The van der Waals surface area contributed by atoms with E-state index in [-0.39, 0.29) is 11.8 Å². The zero-order valence-corrected chi connectivity index (χ0v) is 21.5. The van der Waals surface area contributed by atoms with Gasteiger partial charge in [-0.15, -0.1) is 0 Å². The molecule has 1 aromatic heterocycles. The lowest BCUT2D eigenvalue weighted by Crippen LogP contribution is -2.23. The third kappa shape index (κ3) is 5.97. The Morgan fingerprint density at radius 3 is 2.43 bits per heavy atom. The molecule has 1 heterocycles. The number of amides is 1. The number of aromatic nitrogens is 2. The van der Waals surface area contributed by atoms with Crippen LogP contribution in [0.1, 0.15) is 48.4 Å². The summed E-state index contributed by atoms with van der Waals surface area (Å²) in [6.07, 6.45) is 5.27. The molecule has 0 spiro atoms. The van der Waals surface area contributed by atoms with Gasteiger partial charge < -0.3 is 5.32 Å².